The average molecular weight is 475 g/mol. The molecule has 1 unspecified atom stereocenters. The molecule has 6 heteroatoms. The van der Waals surface area contributed by atoms with E-state index in [9.17, 15) is 9.90 Å². The van der Waals surface area contributed by atoms with Gasteiger partial charge in [-0.15, -0.1) is 0 Å². The number of alkyl halides is 1. The number of nitrogens with zero attached hydrogens (tertiary/aromatic N) is 2. The molecule has 0 bridgehead atoms. The Kier molecular flexibility index (Phi) is 8.33. The van der Waals surface area contributed by atoms with Crippen molar-refractivity contribution in [2.75, 3.05) is 26.7 Å². The second kappa shape index (κ2) is 11.8. The first-order valence-electron chi connectivity index (χ1n) is 12.1. The van der Waals surface area contributed by atoms with Crippen molar-refractivity contribution in [3.8, 4) is 17.6 Å². The Balaban J connectivity index is 1.39. The molecule has 2 aromatic carbocycles. The highest BCUT2D eigenvalue weighted by atomic mass is 19.1. The number of rotatable bonds is 8. The van der Waals surface area contributed by atoms with Crippen LogP contribution in [0.5, 0.6) is 5.75 Å². The molecule has 1 saturated heterocycles. The van der Waals surface area contributed by atoms with Crippen molar-refractivity contribution in [3.05, 3.63) is 71.9 Å². The number of pyridine rings is 1. The van der Waals surface area contributed by atoms with Gasteiger partial charge in [-0.2, -0.15) is 0 Å². The summed E-state index contributed by atoms with van der Waals surface area (Å²) in [6.45, 7) is 2.12. The molecule has 0 radical (unpaired) electrons. The maximum absolute atomic E-state index is 15.4. The van der Waals surface area contributed by atoms with Crippen molar-refractivity contribution in [3.63, 3.8) is 0 Å². The van der Waals surface area contributed by atoms with Crippen molar-refractivity contribution in [2.45, 2.75) is 31.9 Å². The van der Waals surface area contributed by atoms with Crippen molar-refractivity contribution >= 4 is 16.9 Å². The van der Waals surface area contributed by atoms with Crippen LogP contribution in [0.3, 0.4) is 0 Å². The highest BCUT2D eigenvalue weighted by Gasteiger charge is 2.31. The molecular formula is C29H31FN2O3. The zero-order valence-corrected chi connectivity index (χ0v) is 20.0. The molecule has 2 heterocycles. The van der Waals surface area contributed by atoms with Gasteiger partial charge in [0.2, 0.25) is 0 Å². The minimum Gasteiger partial charge on any atom is -0.497 e. The first-order chi connectivity index (χ1) is 17.0. The molecule has 1 N–H and O–H groups in total. The molecule has 0 spiro atoms. The monoisotopic (exact) mass is 474 g/mol. The number of hydrogen-bond donors (Lipinski definition) is 1. The summed E-state index contributed by atoms with van der Waals surface area (Å²) in [5.74, 6) is 6.40. The number of piperidine rings is 1. The van der Waals surface area contributed by atoms with E-state index in [2.05, 4.69) is 21.7 Å². The number of ether oxygens (including phenoxy) is 1. The van der Waals surface area contributed by atoms with E-state index in [1.807, 2.05) is 48.5 Å². The van der Waals surface area contributed by atoms with Gasteiger partial charge in [-0.3, -0.25) is 14.7 Å². The summed E-state index contributed by atoms with van der Waals surface area (Å²) in [4.78, 5) is 18.1. The van der Waals surface area contributed by atoms with E-state index < -0.39 is 12.1 Å². The molecule has 35 heavy (non-hydrogen) atoms. The first-order valence-corrected chi connectivity index (χ1v) is 12.1. The van der Waals surface area contributed by atoms with E-state index in [1.165, 1.54) is 0 Å². The van der Waals surface area contributed by atoms with Gasteiger partial charge < -0.3 is 9.84 Å². The fraction of sp³-hybridized carbons (Fsp3) is 0.379. The zero-order valence-electron chi connectivity index (χ0n) is 20.0. The Hall–Kier alpha value is -3.43. The predicted molar refractivity (Wildman–Crippen MR) is 135 cm³/mol. The number of aromatic nitrogens is 1. The fourth-order valence-electron chi connectivity index (χ4n) is 4.97. The SMILES string of the molecule is COc1ccc2nccc(C(F)CC[C@@H]3CCN(CC#Cc4ccccc4)C[C@@H]3CC(=O)O)c2c1. The molecule has 3 atom stereocenters. The lowest BCUT2D eigenvalue weighted by Gasteiger charge is -2.37. The third-order valence-electron chi connectivity index (χ3n) is 6.83. The zero-order chi connectivity index (χ0) is 24.6. The molecule has 1 fully saturated rings. The van der Waals surface area contributed by atoms with E-state index >= 15 is 4.39 Å². The van der Waals surface area contributed by atoms with Gasteiger partial charge in [0.05, 0.1) is 19.2 Å². The maximum Gasteiger partial charge on any atom is 0.303 e. The van der Waals surface area contributed by atoms with Crippen LogP contribution in [-0.4, -0.2) is 47.7 Å². The Bertz CT molecular complexity index is 1200. The minimum absolute atomic E-state index is 0.0127. The van der Waals surface area contributed by atoms with Crippen molar-refractivity contribution in [1.82, 2.24) is 9.88 Å². The van der Waals surface area contributed by atoms with Gasteiger partial charge in [0.1, 0.15) is 11.9 Å². The van der Waals surface area contributed by atoms with Gasteiger partial charge >= 0.3 is 5.97 Å². The topological polar surface area (TPSA) is 62.7 Å². The Morgan fingerprint density at radius 1 is 1.23 bits per heavy atom. The van der Waals surface area contributed by atoms with Crippen LogP contribution in [-0.2, 0) is 4.79 Å². The highest BCUT2D eigenvalue weighted by Crippen LogP contribution is 2.36. The number of carboxylic acid groups (broad SMARTS) is 1. The van der Waals surface area contributed by atoms with Crippen LogP contribution in [0.15, 0.2) is 60.8 Å². The van der Waals surface area contributed by atoms with E-state index in [1.54, 1.807) is 19.4 Å². The van der Waals surface area contributed by atoms with Crippen LogP contribution in [0.25, 0.3) is 10.9 Å². The molecule has 0 aliphatic carbocycles. The molecule has 1 aliphatic rings. The Morgan fingerprint density at radius 2 is 2.06 bits per heavy atom. The second-order valence-electron chi connectivity index (χ2n) is 9.14. The molecule has 1 aromatic heterocycles. The minimum atomic E-state index is -1.15. The number of hydrogen-bond acceptors (Lipinski definition) is 4. The van der Waals surface area contributed by atoms with Crippen LogP contribution < -0.4 is 4.74 Å². The summed E-state index contributed by atoms with van der Waals surface area (Å²) in [5.41, 5.74) is 2.32. The van der Waals surface area contributed by atoms with Gasteiger partial charge in [-0.25, -0.2) is 4.39 Å². The lowest BCUT2D eigenvalue weighted by atomic mass is 9.79. The summed E-state index contributed by atoms with van der Waals surface area (Å²) in [6, 6.07) is 17.0. The lowest BCUT2D eigenvalue weighted by molar-refractivity contribution is -0.139. The van der Waals surface area contributed by atoms with Crippen LogP contribution in [0, 0.1) is 23.7 Å². The van der Waals surface area contributed by atoms with Crippen molar-refractivity contribution in [1.29, 1.82) is 0 Å². The summed E-state index contributed by atoms with van der Waals surface area (Å²) < 4.78 is 20.7. The molecule has 5 nitrogen and oxygen atoms in total. The van der Waals surface area contributed by atoms with Gasteiger partial charge in [0.15, 0.2) is 0 Å². The van der Waals surface area contributed by atoms with Gasteiger partial charge in [0, 0.05) is 30.1 Å². The molecular weight excluding hydrogens is 443 g/mol. The van der Waals surface area contributed by atoms with Crippen molar-refractivity contribution in [2.24, 2.45) is 11.8 Å². The standard InChI is InChI=1S/C29H31FN2O3/c1-35-24-10-12-28-26(19-24)25(13-15-31-28)27(30)11-9-22-14-17-32(20-23(22)18-29(33)34)16-5-8-21-6-3-2-4-7-21/h2-4,6-7,10,12-13,15,19,22-23,27H,9,11,14,16-18,20H2,1H3,(H,33,34)/t22-,23+,27?/m1/s1. The summed E-state index contributed by atoms with van der Waals surface area (Å²) in [5, 5.41) is 10.2. The number of aliphatic carboxylic acids is 1. The van der Waals surface area contributed by atoms with Crippen LogP contribution in [0.1, 0.15) is 43.0 Å². The fourth-order valence-corrected chi connectivity index (χ4v) is 4.97. The number of fused-ring (bicyclic) bond motifs is 1. The van der Waals surface area contributed by atoms with E-state index in [0.717, 1.165) is 29.4 Å². The van der Waals surface area contributed by atoms with E-state index in [0.29, 0.717) is 37.2 Å². The van der Waals surface area contributed by atoms with E-state index in [4.69, 9.17) is 4.74 Å². The maximum atomic E-state index is 15.4. The summed E-state index contributed by atoms with van der Waals surface area (Å²) in [7, 11) is 1.59. The average Bonchev–Trinajstić information content (AvgIpc) is 2.87. The normalized spacial score (nSPS) is 19.0. The third-order valence-corrected chi connectivity index (χ3v) is 6.83. The molecule has 3 aromatic rings. The van der Waals surface area contributed by atoms with Crippen LogP contribution >= 0.6 is 0 Å². The third kappa shape index (κ3) is 6.58. The molecule has 0 saturated carbocycles. The predicted octanol–water partition coefficient (Wildman–Crippen LogP) is 5.50. The number of benzene rings is 2. The van der Waals surface area contributed by atoms with Crippen LogP contribution in [0.2, 0.25) is 0 Å². The number of methoxy groups -OCH3 is 1. The second-order valence-corrected chi connectivity index (χ2v) is 9.14. The van der Waals surface area contributed by atoms with Gasteiger partial charge in [0.25, 0.3) is 0 Å². The van der Waals surface area contributed by atoms with Gasteiger partial charge in [-0.05, 0) is 79.6 Å². The molecule has 1 aliphatic heterocycles. The quantitative estimate of drug-likeness (QED) is 0.437. The van der Waals surface area contributed by atoms with Crippen molar-refractivity contribution < 1.29 is 19.0 Å². The highest BCUT2D eigenvalue weighted by molar-refractivity contribution is 5.83. The van der Waals surface area contributed by atoms with Gasteiger partial charge in [-0.1, -0.05) is 30.0 Å². The largest absolute Gasteiger partial charge is 0.497 e. The Morgan fingerprint density at radius 3 is 2.83 bits per heavy atom. The number of carbonyl (C=O) groups is 1. The smallest absolute Gasteiger partial charge is 0.303 e. The van der Waals surface area contributed by atoms with Crippen LogP contribution in [0.4, 0.5) is 4.39 Å². The van der Waals surface area contributed by atoms with E-state index in [-0.39, 0.29) is 18.3 Å². The molecule has 4 rings (SSSR count). The first kappa shape index (κ1) is 24.7. The summed E-state index contributed by atoms with van der Waals surface area (Å²) in [6.07, 6.45) is 2.44. The number of carboxylic acids is 1. The molecule has 0 amide bonds. The molecule has 182 valence electrons. The Labute approximate surface area is 205 Å². The number of likely N-dealkylation sites (tertiary alicyclic amines) is 1. The lowest BCUT2D eigenvalue weighted by Crippen LogP contribution is -2.41. The number of halogens is 1. The summed E-state index contributed by atoms with van der Waals surface area (Å²) >= 11 is 0.